The number of carbonyl (C=O) groups excluding carboxylic acids is 2. The van der Waals surface area contributed by atoms with Crippen molar-refractivity contribution in [2.24, 2.45) is 5.10 Å². The molecule has 2 aromatic carbocycles. The van der Waals surface area contributed by atoms with Gasteiger partial charge in [-0.05, 0) is 48.9 Å². The van der Waals surface area contributed by atoms with E-state index in [0.717, 1.165) is 10.0 Å². The molecule has 0 heterocycles. The predicted octanol–water partition coefficient (Wildman–Crippen LogP) is 3.15. The van der Waals surface area contributed by atoms with Gasteiger partial charge in [-0.15, -0.1) is 0 Å². The van der Waals surface area contributed by atoms with Gasteiger partial charge < -0.3 is 9.47 Å². The van der Waals surface area contributed by atoms with E-state index >= 15 is 0 Å². The third-order valence-electron chi connectivity index (χ3n) is 3.01. The fourth-order valence-electron chi connectivity index (χ4n) is 1.81. The highest BCUT2D eigenvalue weighted by atomic mass is 79.9. The number of hydrogen-bond acceptors (Lipinski definition) is 5. The standard InChI is InChI=1S/C18H17BrN2O4/c1-2-24-18(23)14-5-9-16(10-6-14)25-12-17(22)21-20-11-13-3-7-15(19)8-4-13/h3-11H,2,12H2,1H3,(H,21,22). The molecule has 1 N–H and O–H groups in total. The lowest BCUT2D eigenvalue weighted by Crippen LogP contribution is -2.24. The molecule has 0 radical (unpaired) electrons. The number of halogens is 1. The maximum absolute atomic E-state index is 11.7. The zero-order chi connectivity index (χ0) is 18.1. The molecule has 2 rings (SSSR count). The number of nitrogens with zero attached hydrogens (tertiary/aromatic N) is 1. The summed E-state index contributed by atoms with van der Waals surface area (Å²) in [6.07, 6.45) is 1.54. The average Bonchev–Trinajstić information content (AvgIpc) is 2.62. The van der Waals surface area contributed by atoms with E-state index in [-0.39, 0.29) is 12.5 Å². The Balaban J connectivity index is 1.77. The van der Waals surface area contributed by atoms with Crippen molar-refractivity contribution in [2.75, 3.05) is 13.2 Å². The largest absolute Gasteiger partial charge is 0.484 e. The van der Waals surface area contributed by atoms with Crippen LogP contribution in [0.15, 0.2) is 58.1 Å². The summed E-state index contributed by atoms with van der Waals surface area (Å²) in [4.78, 5) is 23.2. The Bertz CT molecular complexity index is 743. The first-order valence-electron chi connectivity index (χ1n) is 7.56. The monoisotopic (exact) mass is 404 g/mol. The first-order valence-corrected chi connectivity index (χ1v) is 8.35. The highest BCUT2D eigenvalue weighted by molar-refractivity contribution is 9.10. The maximum atomic E-state index is 11.7. The molecule has 0 aliphatic carbocycles. The number of esters is 1. The topological polar surface area (TPSA) is 77.0 Å². The van der Waals surface area contributed by atoms with Gasteiger partial charge in [0.1, 0.15) is 5.75 Å². The van der Waals surface area contributed by atoms with Crippen LogP contribution in [0.5, 0.6) is 5.75 Å². The molecule has 0 aliphatic heterocycles. The SMILES string of the molecule is CCOC(=O)c1ccc(OCC(=O)NN=Cc2ccc(Br)cc2)cc1. The van der Waals surface area contributed by atoms with Crippen LogP contribution in [-0.4, -0.2) is 31.3 Å². The van der Waals surface area contributed by atoms with Gasteiger partial charge in [-0.2, -0.15) is 5.10 Å². The Hall–Kier alpha value is -2.67. The van der Waals surface area contributed by atoms with Crippen molar-refractivity contribution in [1.82, 2.24) is 5.43 Å². The molecule has 0 spiro atoms. The quantitative estimate of drug-likeness (QED) is 0.436. The number of rotatable bonds is 7. The van der Waals surface area contributed by atoms with Crippen molar-refractivity contribution in [3.05, 3.63) is 64.1 Å². The molecule has 0 fully saturated rings. The molecule has 0 saturated heterocycles. The number of hydrazone groups is 1. The van der Waals surface area contributed by atoms with E-state index in [1.165, 1.54) is 0 Å². The molecule has 2 aromatic rings. The zero-order valence-electron chi connectivity index (χ0n) is 13.6. The van der Waals surface area contributed by atoms with Gasteiger partial charge in [-0.25, -0.2) is 10.2 Å². The van der Waals surface area contributed by atoms with E-state index in [1.807, 2.05) is 24.3 Å². The Morgan fingerprint density at radius 2 is 1.80 bits per heavy atom. The molecule has 7 heteroatoms. The Morgan fingerprint density at radius 1 is 1.12 bits per heavy atom. The van der Waals surface area contributed by atoms with Gasteiger partial charge in [0, 0.05) is 4.47 Å². The molecule has 0 bridgehead atoms. The first-order chi connectivity index (χ1) is 12.1. The number of carbonyl (C=O) groups is 2. The van der Waals surface area contributed by atoms with Crippen molar-refractivity contribution in [2.45, 2.75) is 6.92 Å². The van der Waals surface area contributed by atoms with Crippen LogP contribution in [0.1, 0.15) is 22.8 Å². The normalized spacial score (nSPS) is 10.5. The van der Waals surface area contributed by atoms with Gasteiger partial charge >= 0.3 is 5.97 Å². The van der Waals surface area contributed by atoms with Gasteiger partial charge in [-0.3, -0.25) is 4.79 Å². The average molecular weight is 405 g/mol. The molecule has 25 heavy (non-hydrogen) atoms. The lowest BCUT2D eigenvalue weighted by atomic mass is 10.2. The van der Waals surface area contributed by atoms with E-state index in [0.29, 0.717) is 17.9 Å². The van der Waals surface area contributed by atoms with Crippen molar-refractivity contribution in [1.29, 1.82) is 0 Å². The van der Waals surface area contributed by atoms with Crippen LogP contribution in [0.3, 0.4) is 0 Å². The van der Waals surface area contributed by atoms with Crippen molar-refractivity contribution in [3.63, 3.8) is 0 Å². The van der Waals surface area contributed by atoms with Crippen LogP contribution in [0.2, 0.25) is 0 Å². The van der Waals surface area contributed by atoms with Crippen molar-refractivity contribution < 1.29 is 19.1 Å². The molecule has 0 unspecified atom stereocenters. The second-order valence-corrected chi connectivity index (χ2v) is 5.79. The summed E-state index contributed by atoms with van der Waals surface area (Å²) in [6.45, 7) is 1.88. The number of nitrogens with one attached hydrogen (secondary N) is 1. The molecule has 0 aromatic heterocycles. The van der Waals surface area contributed by atoms with Gasteiger partial charge in [-0.1, -0.05) is 28.1 Å². The third kappa shape index (κ3) is 6.39. The summed E-state index contributed by atoms with van der Waals surface area (Å²) in [5, 5.41) is 3.86. The van der Waals surface area contributed by atoms with Gasteiger partial charge in [0.05, 0.1) is 18.4 Å². The van der Waals surface area contributed by atoms with E-state index in [1.54, 1.807) is 37.4 Å². The number of benzene rings is 2. The third-order valence-corrected chi connectivity index (χ3v) is 3.54. The Labute approximate surface area is 154 Å². The summed E-state index contributed by atoms with van der Waals surface area (Å²) in [5.74, 6) is -0.308. The van der Waals surface area contributed by atoms with Gasteiger partial charge in [0.25, 0.3) is 5.91 Å². The molecule has 6 nitrogen and oxygen atoms in total. The fraction of sp³-hybridized carbons (Fsp3) is 0.167. The Morgan fingerprint density at radius 3 is 2.44 bits per heavy atom. The summed E-state index contributed by atoms with van der Waals surface area (Å²) in [6, 6.07) is 13.9. The summed E-state index contributed by atoms with van der Waals surface area (Å²) in [7, 11) is 0. The van der Waals surface area contributed by atoms with Crippen LogP contribution in [-0.2, 0) is 9.53 Å². The molecule has 0 atom stereocenters. The van der Waals surface area contributed by atoms with Crippen LogP contribution in [0, 0.1) is 0 Å². The van der Waals surface area contributed by atoms with E-state index in [2.05, 4.69) is 26.5 Å². The van der Waals surface area contributed by atoms with Crippen molar-refractivity contribution in [3.8, 4) is 5.75 Å². The Kier molecular flexibility index (Phi) is 7.16. The van der Waals surface area contributed by atoms with E-state index in [4.69, 9.17) is 9.47 Å². The summed E-state index contributed by atoms with van der Waals surface area (Å²) < 4.78 is 11.2. The number of amides is 1. The zero-order valence-corrected chi connectivity index (χ0v) is 15.2. The fourth-order valence-corrected chi connectivity index (χ4v) is 2.07. The predicted molar refractivity (Wildman–Crippen MR) is 97.8 cm³/mol. The lowest BCUT2D eigenvalue weighted by molar-refractivity contribution is -0.123. The van der Waals surface area contributed by atoms with Crippen LogP contribution >= 0.6 is 15.9 Å². The molecule has 1 amide bonds. The first kappa shape index (κ1) is 18.7. The lowest BCUT2D eigenvalue weighted by Gasteiger charge is -2.06. The highest BCUT2D eigenvalue weighted by Crippen LogP contribution is 2.13. The maximum Gasteiger partial charge on any atom is 0.338 e. The number of ether oxygens (including phenoxy) is 2. The minimum absolute atomic E-state index is 0.184. The smallest absolute Gasteiger partial charge is 0.338 e. The molecule has 0 aliphatic rings. The van der Waals surface area contributed by atoms with Crippen LogP contribution < -0.4 is 10.2 Å². The molecule has 130 valence electrons. The molecular weight excluding hydrogens is 388 g/mol. The molecule has 0 saturated carbocycles. The number of hydrogen-bond donors (Lipinski definition) is 1. The second kappa shape index (κ2) is 9.58. The van der Waals surface area contributed by atoms with Crippen molar-refractivity contribution >= 4 is 34.0 Å². The highest BCUT2D eigenvalue weighted by Gasteiger charge is 2.07. The minimum atomic E-state index is -0.394. The van der Waals surface area contributed by atoms with E-state index < -0.39 is 5.97 Å². The minimum Gasteiger partial charge on any atom is -0.484 e. The summed E-state index contributed by atoms with van der Waals surface area (Å²) >= 11 is 3.34. The summed E-state index contributed by atoms with van der Waals surface area (Å²) in [5.41, 5.74) is 3.67. The second-order valence-electron chi connectivity index (χ2n) is 4.88. The van der Waals surface area contributed by atoms with Gasteiger partial charge in [0.15, 0.2) is 6.61 Å². The molecular formula is C18H17BrN2O4. The van der Waals surface area contributed by atoms with Crippen LogP contribution in [0.4, 0.5) is 0 Å². The van der Waals surface area contributed by atoms with E-state index in [9.17, 15) is 9.59 Å². The van der Waals surface area contributed by atoms with Crippen LogP contribution in [0.25, 0.3) is 0 Å². The van der Waals surface area contributed by atoms with Gasteiger partial charge in [0.2, 0.25) is 0 Å².